The van der Waals surface area contributed by atoms with Crippen LogP contribution in [0.5, 0.6) is 0 Å². The molecule has 1 amide bonds. The van der Waals surface area contributed by atoms with Gasteiger partial charge in [-0.3, -0.25) is 10.1 Å². The molecule has 21 heavy (non-hydrogen) atoms. The Hall–Kier alpha value is -2.23. The molecular formula is C12H9N3O4S2. The Morgan fingerprint density at radius 1 is 1.33 bits per heavy atom. The number of carbonyl (C=O) groups excluding carboxylic acids is 1. The SMILES string of the molecule is NS(=O)(=O)c1ccc2nc(NC(=O)c3ccco3)sc2c1. The minimum atomic E-state index is -3.77. The van der Waals surface area contributed by atoms with E-state index in [4.69, 9.17) is 9.56 Å². The summed E-state index contributed by atoms with van der Waals surface area (Å²) in [6.07, 6.45) is 1.39. The molecular weight excluding hydrogens is 314 g/mol. The number of primary sulfonamides is 1. The highest BCUT2D eigenvalue weighted by molar-refractivity contribution is 7.89. The normalized spacial score (nSPS) is 11.7. The summed E-state index contributed by atoms with van der Waals surface area (Å²) in [6.45, 7) is 0. The second-order valence-electron chi connectivity index (χ2n) is 4.12. The Morgan fingerprint density at radius 2 is 2.14 bits per heavy atom. The number of amides is 1. The third kappa shape index (κ3) is 2.79. The molecule has 9 heteroatoms. The maximum atomic E-state index is 11.8. The topological polar surface area (TPSA) is 115 Å². The number of carbonyl (C=O) groups is 1. The van der Waals surface area contributed by atoms with Crippen LogP contribution in [-0.2, 0) is 10.0 Å². The maximum absolute atomic E-state index is 11.8. The van der Waals surface area contributed by atoms with E-state index in [1.807, 2.05) is 0 Å². The first-order chi connectivity index (χ1) is 9.93. The summed E-state index contributed by atoms with van der Waals surface area (Å²) in [7, 11) is -3.77. The van der Waals surface area contributed by atoms with Crippen LogP contribution in [0, 0.1) is 0 Å². The number of benzene rings is 1. The number of rotatable bonds is 3. The Bertz CT molecular complexity index is 913. The van der Waals surface area contributed by atoms with Gasteiger partial charge in [0.05, 0.1) is 21.4 Å². The van der Waals surface area contributed by atoms with Crippen LogP contribution in [0.15, 0.2) is 45.9 Å². The van der Waals surface area contributed by atoms with E-state index in [0.717, 1.165) is 11.3 Å². The minimum absolute atomic E-state index is 0.00237. The van der Waals surface area contributed by atoms with Gasteiger partial charge in [-0.2, -0.15) is 0 Å². The summed E-state index contributed by atoms with van der Waals surface area (Å²) < 4.78 is 28.2. The smallest absolute Gasteiger partial charge is 0.293 e. The molecule has 108 valence electrons. The van der Waals surface area contributed by atoms with Crippen LogP contribution in [0.4, 0.5) is 5.13 Å². The van der Waals surface area contributed by atoms with E-state index in [1.165, 1.54) is 30.5 Å². The number of nitrogens with two attached hydrogens (primary N) is 1. The van der Waals surface area contributed by atoms with Gasteiger partial charge in [-0.25, -0.2) is 18.5 Å². The lowest BCUT2D eigenvalue weighted by Crippen LogP contribution is -2.11. The second-order valence-corrected chi connectivity index (χ2v) is 6.72. The molecule has 3 aromatic rings. The van der Waals surface area contributed by atoms with Gasteiger partial charge in [-0.15, -0.1) is 0 Å². The molecule has 0 unspecified atom stereocenters. The summed E-state index contributed by atoms with van der Waals surface area (Å²) >= 11 is 1.15. The van der Waals surface area contributed by atoms with Gasteiger partial charge in [0.1, 0.15) is 0 Å². The largest absolute Gasteiger partial charge is 0.459 e. The number of nitrogens with one attached hydrogen (secondary N) is 1. The molecule has 0 aliphatic rings. The van der Waals surface area contributed by atoms with Crippen molar-refractivity contribution in [3.8, 4) is 0 Å². The van der Waals surface area contributed by atoms with Crippen molar-refractivity contribution in [3.05, 3.63) is 42.4 Å². The number of anilines is 1. The number of fused-ring (bicyclic) bond motifs is 1. The molecule has 0 atom stereocenters. The zero-order valence-electron chi connectivity index (χ0n) is 10.4. The molecule has 0 spiro atoms. The molecule has 0 aliphatic heterocycles. The van der Waals surface area contributed by atoms with Crippen LogP contribution in [0.2, 0.25) is 0 Å². The van der Waals surface area contributed by atoms with Crippen LogP contribution >= 0.6 is 11.3 Å². The molecule has 0 aliphatic carbocycles. The summed E-state index contributed by atoms with van der Waals surface area (Å²) in [4.78, 5) is 16.0. The summed E-state index contributed by atoms with van der Waals surface area (Å²) in [5, 5.41) is 8.01. The predicted molar refractivity (Wildman–Crippen MR) is 77.7 cm³/mol. The van der Waals surface area contributed by atoms with Crippen molar-refractivity contribution in [2.75, 3.05) is 5.32 Å². The highest BCUT2D eigenvalue weighted by Crippen LogP contribution is 2.28. The van der Waals surface area contributed by atoms with Crippen LogP contribution < -0.4 is 10.5 Å². The second kappa shape index (κ2) is 4.95. The highest BCUT2D eigenvalue weighted by Gasteiger charge is 2.14. The molecule has 2 aromatic heterocycles. The van der Waals surface area contributed by atoms with Crippen LogP contribution in [0.3, 0.4) is 0 Å². The van der Waals surface area contributed by atoms with Crippen LogP contribution in [0.25, 0.3) is 10.2 Å². The first-order valence-electron chi connectivity index (χ1n) is 5.72. The molecule has 7 nitrogen and oxygen atoms in total. The first kappa shape index (κ1) is 13.7. The zero-order chi connectivity index (χ0) is 15.0. The number of aromatic nitrogens is 1. The van der Waals surface area contributed by atoms with Crippen LogP contribution in [-0.4, -0.2) is 19.3 Å². The molecule has 2 heterocycles. The lowest BCUT2D eigenvalue weighted by Gasteiger charge is -1.96. The molecule has 3 rings (SSSR count). The third-order valence-electron chi connectivity index (χ3n) is 2.65. The average molecular weight is 323 g/mol. The summed E-state index contributed by atoms with van der Waals surface area (Å²) in [5.41, 5.74) is 0.571. The number of thiazole rings is 1. The third-order valence-corrected chi connectivity index (χ3v) is 4.50. The van der Waals surface area contributed by atoms with E-state index < -0.39 is 15.9 Å². The number of furan rings is 1. The summed E-state index contributed by atoms with van der Waals surface area (Å²) in [5.74, 6) is -0.259. The van der Waals surface area contributed by atoms with Gasteiger partial charge in [0.2, 0.25) is 10.0 Å². The molecule has 0 saturated heterocycles. The van der Waals surface area contributed by atoms with E-state index in [1.54, 1.807) is 6.07 Å². The van der Waals surface area contributed by atoms with Crippen molar-refractivity contribution in [1.82, 2.24) is 4.98 Å². The van der Waals surface area contributed by atoms with Gasteiger partial charge in [-0.1, -0.05) is 11.3 Å². The van der Waals surface area contributed by atoms with Gasteiger partial charge in [0, 0.05) is 0 Å². The highest BCUT2D eigenvalue weighted by atomic mass is 32.2. The standard InChI is InChI=1S/C12H9N3O4S2/c13-21(17,18)7-3-4-8-10(6-7)20-12(14-8)15-11(16)9-2-1-5-19-9/h1-6H,(H2,13,17,18)(H,14,15,16). The first-order valence-corrected chi connectivity index (χ1v) is 8.08. The zero-order valence-corrected chi connectivity index (χ0v) is 12.1. The molecule has 0 saturated carbocycles. The van der Waals surface area contributed by atoms with Gasteiger partial charge in [0.25, 0.3) is 5.91 Å². The summed E-state index contributed by atoms with van der Waals surface area (Å²) in [6, 6.07) is 7.46. The maximum Gasteiger partial charge on any atom is 0.293 e. The molecule has 3 N–H and O–H groups in total. The molecule has 0 fully saturated rings. The Morgan fingerprint density at radius 3 is 2.81 bits per heavy atom. The van der Waals surface area contributed by atoms with Crippen molar-refractivity contribution >= 4 is 42.6 Å². The Labute approximate surface area is 123 Å². The van der Waals surface area contributed by atoms with E-state index in [9.17, 15) is 13.2 Å². The van der Waals surface area contributed by atoms with Crippen molar-refractivity contribution in [2.45, 2.75) is 4.90 Å². The molecule has 0 bridgehead atoms. The fourth-order valence-corrected chi connectivity index (χ4v) is 3.22. The van der Waals surface area contributed by atoms with E-state index in [0.29, 0.717) is 15.3 Å². The van der Waals surface area contributed by atoms with Crippen molar-refractivity contribution in [1.29, 1.82) is 0 Å². The van der Waals surface area contributed by atoms with Crippen LogP contribution in [0.1, 0.15) is 10.6 Å². The van der Waals surface area contributed by atoms with Crippen molar-refractivity contribution in [2.24, 2.45) is 5.14 Å². The fraction of sp³-hybridized carbons (Fsp3) is 0. The average Bonchev–Trinajstić information content (AvgIpc) is 3.05. The molecule has 0 radical (unpaired) electrons. The number of hydrogen-bond donors (Lipinski definition) is 2. The Kier molecular flexibility index (Phi) is 3.24. The lowest BCUT2D eigenvalue weighted by atomic mass is 10.3. The fourth-order valence-electron chi connectivity index (χ4n) is 1.70. The van der Waals surface area contributed by atoms with Crippen molar-refractivity contribution in [3.63, 3.8) is 0 Å². The quantitative estimate of drug-likeness (QED) is 0.762. The monoisotopic (exact) mass is 323 g/mol. The van der Waals surface area contributed by atoms with E-state index >= 15 is 0 Å². The predicted octanol–water partition coefficient (Wildman–Crippen LogP) is 1.79. The number of hydrogen-bond acceptors (Lipinski definition) is 6. The number of nitrogens with zero attached hydrogens (tertiary/aromatic N) is 1. The molecule has 1 aromatic carbocycles. The van der Waals surface area contributed by atoms with Crippen molar-refractivity contribution < 1.29 is 17.6 Å². The Balaban J connectivity index is 1.93. The van der Waals surface area contributed by atoms with E-state index in [2.05, 4.69) is 10.3 Å². The van der Waals surface area contributed by atoms with Gasteiger partial charge < -0.3 is 4.42 Å². The van der Waals surface area contributed by atoms with Gasteiger partial charge in [0.15, 0.2) is 10.9 Å². The lowest BCUT2D eigenvalue weighted by molar-refractivity contribution is 0.0996. The minimum Gasteiger partial charge on any atom is -0.459 e. The van der Waals surface area contributed by atoms with Gasteiger partial charge in [-0.05, 0) is 30.3 Å². The number of sulfonamides is 1. The van der Waals surface area contributed by atoms with E-state index in [-0.39, 0.29) is 10.7 Å². The van der Waals surface area contributed by atoms with Gasteiger partial charge >= 0.3 is 0 Å².